The molecular weight excluding hydrogens is 548 g/mol. The average molecular weight is 589 g/mol. The smallest absolute Gasteiger partial charge is 0.331 e. The van der Waals surface area contributed by atoms with E-state index in [0.717, 1.165) is 35.4 Å². The third-order valence-electron chi connectivity index (χ3n) is 8.40. The number of piperidine rings is 1. The van der Waals surface area contributed by atoms with Gasteiger partial charge in [0.25, 0.3) is 5.56 Å². The van der Waals surface area contributed by atoms with Gasteiger partial charge in [0, 0.05) is 50.2 Å². The largest absolute Gasteiger partial charge is 0.490 e. The van der Waals surface area contributed by atoms with Crippen molar-refractivity contribution < 1.29 is 14.2 Å². The first-order valence-electron chi connectivity index (χ1n) is 15.4. The predicted octanol–water partition coefficient (Wildman–Crippen LogP) is 3.91. The highest BCUT2D eigenvalue weighted by Crippen LogP contribution is 2.38. The van der Waals surface area contributed by atoms with Crippen LogP contribution in [0.1, 0.15) is 45.2 Å². The van der Waals surface area contributed by atoms with Crippen molar-refractivity contribution in [2.75, 3.05) is 62.4 Å². The number of aryl methyl sites for hydroxylation is 2. The molecule has 0 bridgehead atoms. The van der Waals surface area contributed by atoms with Gasteiger partial charge in [0.15, 0.2) is 11.5 Å². The van der Waals surface area contributed by atoms with Crippen LogP contribution in [0, 0.1) is 6.92 Å². The quantitative estimate of drug-likeness (QED) is 0.303. The first kappa shape index (κ1) is 29.0. The molecule has 2 aliphatic rings. The zero-order chi connectivity index (χ0) is 30.1. The second-order valence-corrected chi connectivity index (χ2v) is 11.1. The molecule has 0 atom stereocenters. The summed E-state index contributed by atoms with van der Waals surface area (Å²) in [5, 5.41) is 1.48. The van der Waals surface area contributed by atoms with Crippen LogP contribution in [0.4, 0.5) is 11.8 Å². The normalized spacial score (nSPS) is 16.3. The monoisotopic (exact) mass is 588 g/mol. The van der Waals surface area contributed by atoms with Gasteiger partial charge < -0.3 is 24.0 Å². The number of anilines is 2. The first-order valence-corrected chi connectivity index (χ1v) is 15.4. The number of rotatable bonds is 8. The van der Waals surface area contributed by atoms with Gasteiger partial charge in [-0.1, -0.05) is 11.6 Å². The Balaban J connectivity index is 1.38. The highest BCUT2D eigenvalue weighted by atomic mass is 16.5. The van der Waals surface area contributed by atoms with Crippen LogP contribution >= 0.6 is 0 Å². The summed E-state index contributed by atoms with van der Waals surface area (Å²) in [7, 11) is 0. The van der Waals surface area contributed by atoms with E-state index < -0.39 is 0 Å². The van der Waals surface area contributed by atoms with Gasteiger partial charge in [0.2, 0.25) is 5.95 Å². The van der Waals surface area contributed by atoms with Crippen LogP contribution in [0.2, 0.25) is 0 Å². The minimum Gasteiger partial charge on any atom is -0.490 e. The standard InChI is InChI=1S/C32H40N6O5/c1-5-37-26-9-8-21(4)18-24(26)30(39)38(32(37)40)22-10-12-35(13-11-22)29-23-19-27(42-6-2)28(43-7-3)20-25(23)33-31(34-29)36-14-16-41-17-15-36/h8-9,18-20,22H,5-7,10-17H2,1-4H3. The van der Waals surface area contributed by atoms with E-state index >= 15 is 0 Å². The number of aromatic nitrogens is 4. The molecule has 0 amide bonds. The van der Waals surface area contributed by atoms with Gasteiger partial charge >= 0.3 is 5.69 Å². The molecule has 6 rings (SSSR count). The molecule has 4 aromatic rings. The molecule has 0 unspecified atom stereocenters. The van der Waals surface area contributed by atoms with Gasteiger partial charge in [0.1, 0.15) is 5.82 Å². The lowest BCUT2D eigenvalue weighted by Crippen LogP contribution is -2.46. The fraction of sp³-hybridized carbons (Fsp3) is 0.500. The van der Waals surface area contributed by atoms with E-state index in [9.17, 15) is 9.59 Å². The molecule has 2 aliphatic heterocycles. The van der Waals surface area contributed by atoms with E-state index in [1.807, 2.05) is 58.0 Å². The van der Waals surface area contributed by atoms with Crippen LogP contribution in [0.25, 0.3) is 21.8 Å². The highest BCUT2D eigenvalue weighted by molar-refractivity contribution is 5.93. The number of nitrogens with zero attached hydrogens (tertiary/aromatic N) is 6. The van der Waals surface area contributed by atoms with Crippen molar-refractivity contribution in [1.29, 1.82) is 0 Å². The summed E-state index contributed by atoms with van der Waals surface area (Å²) >= 11 is 0. The number of hydrogen-bond acceptors (Lipinski definition) is 9. The summed E-state index contributed by atoms with van der Waals surface area (Å²) in [5.41, 5.74) is 2.02. The van der Waals surface area contributed by atoms with Gasteiger partial charge in [-0.2, -0.15) is 4.98 Å². The number of hydrogen-bond donors (Lipinski definition) is 0. The Morgan fingerprint density at radius 1 is 0.860 bits per heavy atom. The molecular formula is C32H40N6O5. The second kappa shape index (κ2) is 12.2. The van der Waals surface area contributed by atoms with E-state index in [0.29, 0.717) is 87.3 Å². The lowest BCUT2D eigenvalue weighted by Gasteiger charge is -2.35. The highest BCUT2D eigenvalue weighted by Gasteiger charge is 2.28. The third kappa shape index (κ3) is 5.42. The van der Waals surface area contributed by atoms with Crippen molar-refractivity contribution in [2.45, 2.75) is 53.1 Å². The summed E-state index contributed by atoms with van der Waals surface area (Å²) in [6, 6.07) is 9.43. The molecule has 4 heterocycles. The Kier molecular flexibility index (Phi) is 8.25. The Bertz CT molecular complexity index is 1750. The van der Waals surface area contributed by atoms with Crippen molar-refractivity contribution in [3.63, 3.8) is 0 Å². The maximum Gasteiger partial charge on any atom is 0.331 e. The molecule has 0 aliphatic carbocycles. The molecule has 2 saturated heterocycles. The Morgan fingerprint density at radius 3 is 2.23 bits per heavy atom. The summed E-state index contributed by atoms with van der Waals surface area (Å²) in [4.78, 5) is 41.7. The second-order valence-electron chi connectivity index (χ2n) is 11.1. The Labute approximate surface area is 250 Å². The molecule has 11 nitrogen and oxygen atoms in total. The van der Waals surface area contributed by atoms with Crippen LogP contribution in [-0.4, -0.2) is 71.7 Å². The maximum absolute atomic E-state index is 13.7. The number of fused-ring (bicyclic) bond motifs is 2. The van der Waals surface area contributed by atoms with E-state index in [1.54, 1.807) is 4.57 Å². The average Bonchev–Trinajstić information content (AvgIpc) is 3.02. The number of benzene rings is 2. The SMILES string of the molecule is CCOc1cc2nc(N3CCOCC3)nc(N3CCC(n4c(=O)c5cc(C)ccc5n(CC)c4=O)CC3)c2cc1OCC. The number of morpholine rings is 1. The predicted molar refractivity (Wildman–Crippen MR) is 168 cm³/mol. The van der Waals surface area contributed by atoms with Crippen LogP contribution in [-0.2, 0) is 11.3 Å². The molecule has 11 heteroatoms. The molecule has 2 aromatic heterocycles. The van der Waals surface area contributed by atoms with Gasteiger partial charge in [0.05, 0.1) is 42.8 Å². The molecule has 2 fully saturated rings. The molecule has 2 aromatic carbocycles. The Hall–Kier alpha value is -4.12. The van der Waals surface area contributed by atoms with Gasteiger partial charge in [-0.25, -0.2) is 9.78 Å². The van der Waals surface area contributed by atoms with Gasteiger partial charge in [-0.05, 0) is 58.7 Å². The van der Waals surface area contributed by atoms with Crippen LogP contribution in [0.15, 0.2) is 39.9 Å². The number of ether oxygens (including phenoxy) is 3. The molecule has 0 N–H and O–H groups in total. The fourth-order valence-corrected chi connectivity index (χ4v) is 6.26. The summed E-state index contributed by atoms with van der Waals surface area (Å²) in [6.07, 6.45) is 1.29. The first-order chi connectivity index (χ1) is 20.9. The lowest BCUT2D eigenvalue weighted by atomic mass is 10.0. The lowest BCUT2D eigenvalue weighted by molar-refractivity contribution is 0.122. The minimum absolute atomic E-state index is 0.200. The molecule has 228 valence electrons. The maximum atomic E-state index is 13.7. The van der Waals surface area contributed by atoms with Crippen molar-refractivity contribution in [3.8, 4) is 11.5 Å². The Morgan fingerprint density at radius 2 is 1.56 bits per heavy atom. The van der Waals surface area contributed by atoms with E-state index in [1.165, 1.54) is 4.57 Å². The van der Waals surface area contributed by atoms with Crippen molar-refractivity contribution in [2.24, 2.45) is 0 Å². The van der Waals surface area contributed by atoms with E-state index in [2.05, 4.69) is 9.80 Å². The summed E-state index contributed by atoms with van der Waals surface area (Å²) < 4.78 is 20.6. The molecule has 0 saturated carbocycles. The zero-order valence-corrected chi connectivity index (χ0v) is 25.5. The van der Waals surface area contributed by atoms with E-state index in [-0.39, 0.29) is 17.3 Å². The summed E-state index contributed by atoms with van der Waals surface area (Å²) in [6.45, 7) is 13.3. The fourth-order valence-electron chi connectivity index (χ4n) is 6.26. The van der Waals surface area contributed by atoms with Crippen molar-refractivity contribution >= 4 is 33.6 Å². The van der Waals surface area contributed by atoms with Crippen LogP contribution in [0.5, 0.6) is 11.5 Å². The van der Waals surface area contributed by atoms with Crippen molar-refractivity contribution in [1.82, 2.24) is 19.1 Å². The third-order valence-corrected chi connectivity index (χ3v) is 8.40. The molecule has 0 spiro atoms. The molecule has 43 heavy (non-hydrogen) atoms. The van der Waals surface area contributed by atoms with Crippen LogP contribution in [0.3, 0.4) is 0 Å². The van der Waals surface area contributed by atoms with Crippen molar-refractivity contribution in [3.05, 3.63) is 56.7 Å². The topological polar surface area (TPSA) is 104 Å². The van der Waals surface area contributed by atoms with E-state index in [4.69, 9.17) is 24.2 Å². The minimum atomic E-state index is -0.241. The van der Waals surface area contributed by atoms with Gasteiger partial charge in [-0.3, -0.25) is 13.9 Å². The summed E-state index contributed by atoms with van der Waals surface area (Å²) in [5.74, 6) is 2.80. The molecule has 0 radical (unpaired) electrons. The van der Waals surface area contributed by atoms with Crippen LogP contribution < -0.4 is 30.5 Å². The van der Waals surface area contributed by atoms with Gasteiger partial charge in [-0.15, -0.1) is 0 Å². The zero-order valence-electron chi connectivity index (χ0n) is 25.5.